The summed E-state index contributed by atoms with van der Waals surface area (Å²) in [5.41, 5.74) is 3.03. The van der Waals surface area contributed by atoms with Gasteiger partial charge in [-0.3, -0.25) is 4.79 Å². The van der Waals surface area contributed by atoms with Gasteiger partial charge >= 0.3 is 0 Å². The molecule has 1 atom stereocenters. The molecular formula is C21H20N2O3. The lowest BCUT2D eigenvalue weighted by atomic mass is 9.94. The fourth-order valence-corrected chi connectivity index (χ4v) is 3.94. The number of aromatic amines is 1. The number of fused-ring (bicyclic) bond motifs is 2. The molecule has 1 N–H and O–H groups in total. The molecule has 0 aliphatic carbocycles. The molecule has 5 heteroatoms. The summed E-state index contributed by atoms with van der Waals surface area (Å²) in [4.78, 5) is 18.4. The van der Waals surface area contributed by atoms with Gasteiger partial charge in [0.25, 0.3) is 5.91 Å². The Labute approximate surface area is 151 Å². The van der Waals surface area contributed by atoms with Crippen molar-refractivity contribution in [1.82, 2.24) is 9.88 Å². The first-order valence-electron chi connectivity index (χ1n) is 9.04. The van der Waals surface area contributed by atoms with Crippen LogP contribution >= 0.6 is 0 Å². The molecule has 1 fully saturated rings. The van der Waals surface area contributed by atoms with Crippen LogP contribution in [-0.4, -0.2) is 35.7 Å². The van der Waals surface area contributed by atoms with Crippen molar-refractivity contribution in [3.63, 3.8) is 0 Å². The number of carbonyl (C=O) groups is 1. The number of amides is 1. The average Bonchev–Trinajstić information content (AvgIpc) is 3.33. The molecule has 1 aromatic heterocycles. The molecule has 5 rings (SSSR count). The van der Waals surface area contributed by atoms with Crippen LogP contribution in [0, 0.1) is 0 Å². The predicted molar refractivity (Wildman–Crippen MR) is 98.7 cm³/mol. The van der Waals surface area contributed by atoms with E-state index < -0.39 is 0 Å². The lowest BCUT2D eigenvalue weighted by Gasteiger charge is -2.32. The summed E-state index contributed by atoms with van der Waals surface area (Å²) in [5, 5.41) is 1.22. The van der Waals surface area contributed by atoms with Gasteiger partial charge in [0.2, 0.25) is 6.79 Å². The predicted octanol–water partition coefficient (Wildman–Crippen LogP) is 3.92. The summed E-state index contributed by atoms with van der Waals surface area (Å²) in [7, 11) is 0. The summed E-state index contributed by atoms with van der Waals surface area (Å²) in [6.07, 6.45) is 2.11. The highest BCUT2D eigenvalue weighted by atomic mass is 16.7. The zero-order valence-corrected chi connectivity index (χ0v) is 14.4. The number of hydrogen-bond donors (Lipinski definition) is 1. The Morgan fingerprint density at radius 3 is 2.88 bits per heavy atom. The monoisotopic (exact) mass is 348 g/mol. The first-order valence-corrected chi connectivity index (χ1v) is 9.04. The number of nitrogens with zero attached hydrogens (tertiary/aromatic N) is 1. The minimum atomic E-state index is 0.0594. The van der Waals surface area contributed by atoms with Gasteiger partial charge in [-0.2, -0.15) is 0 Å². The zero-order chi connectivity index (χ0) is 17.5. The van der Waals surface area contributed by atoms with Crippen molar-refractivity contribution in [2.75, 3.05) is 19.9 Å². The van der Waals surface area contributed by atoms with Crippen molar-refractivity contribution in [3.05, 3.63) is 59.8 Å². The standard InChI is InChI=1S/C21H20N2O3/c24-21(15-7-8-19-20(11-15)26-13-25-19)23-9-3-5-16(12-23)18-10-14-4-1-2-6-17(14)22-18/h1-2,4,6-8,10-11,16,22H,3,5,9,12-13H2. The van der Waals surface area contributed by atoms with Crippen molar-refractivity contribution >= 4 is 16.8 Å². The molecule has 3 aromatic rings. The van der Waals surface area contributed by atoms with Crippen molar-refractivity contribution in [3.8, 4) is 11.5 Å². The van der Waals surface area contributed by atoms with Crippen LogP contribution in [0.1, 0.15) is 34.8 Å². The van der Waals surface area contributed by atoms with E-state index in [4.69, 9.17) is 9.47 Å². The van der Waals surface area contributed by atoms with E-state index in [1.165, 1.54) is 11.1 Å². The van der Waals surface area contributed by atoms with Gasteiger partial charge in [-0.25, -0.2) is 0 Å². The van der Waals surface area contributed by atoms with E-state index in [1.807, 2.05) is 23.1 Å². The largest absolute Gasteiger partial charge is 0.454 e. The van der Waals surface area contributed by atoms with Crippen molar-refractivity contribution in [1.29, 1.82) is 0 Å². The number of ether oxygens (including phenoxy) is 2. The Kier molecular flexibility index (Phi) is 3.59. The molecule has 1 saturated heterocycles. The Balaban J connectivity index is 1.37. The molecule has 0 spiro atoms. The third-order valence-corrected chi connectivity index (χ3v) is 5.32. The molecule has 0 saturated carbocycles. The summed E-state index contributed by atoms with van der Waals surface area (Å²) < 4.78 is 10.7. The second-order valence-electron chi connectivity index (χ2n) is 6.97. The van der Waals surface area contributed by atoms with E-state index in [1.54, 1.807) is 6.07 Å². The molecule has 1 amide bonds. The molecule has 132 valence electrons. The van der Waals surface area contributed by atoms with E-state index in [0.29, 0.717) is 23.0 Å². The molecule has 5 nitrogen and oxygen atoms in total. The van der Waals surface area contributed by atoms with E-state index in [2.05, 4.69) is 29.2 Å². The van der Waals surface area contributed by atoms with Gasteiger partial charge in [-0.05, 0) is 48.6 Å². The molecule has 2 aliphatic heterocycles. The fraction of sp³-hybridized carbons (Fsp3) is 0.286. The Hall–Kier alpha value is -2.95. The highest BCUT2D eigenvalue weighted by molar-refractivity contribution is 5.95. The van der Waals surface area contributed by atoms with Crippen molar-refractivity contribution in [2.24, 2.45) is 0 Å². The van der Waals surface area contributed by atoms with Crippen LogP contribution in [0.2, 0.25) is 0 Å². The van der Waals surface area contributed by atoms with Crippen LogP contribution in [0.25, 0.3) is 10.9 Å². The molecule has 0 bridgehead atoms. The first kappa shape index (κ1) is 15.3. The van der Waals surface area contributed by atoms with Gasteiger partial charge in [-0.1, -0.05) is 18.2 Å². The molecule has 0 radical (unpaired) electrons. The SMILES string of the molecule is O=C(c1ccc2c(c1)OCO2)N1CCCC(c2cc3ccccc3[nH]2)C1. The third kappa shape index (κ3) is 2.60. The van der Waals surface area contributed by atoms with Crippen LogP contribution in [0.15, 0.2) is 48.5 Å². The molecule has 2 aliphatic rings. The quantitative estimate of drug-likeness (QED) is 0.764. The molecular weight excluding hydrogens is 328 g/mol. The fourth-order valence-electron chi connectivity index (χ4n) is 3.94. The van der Waals surface area contributed by atoms with Gasteiger partial charge < -0.3 is 19.4 Å². The summed E-state index contributed by atoms with van der Waals surface area (Å²) in [5.74, 6) is 1.76. The number of likely N-dealkylation sites (tertiary alicyclic amines) is 1. The second-order valence-corrected chi connectivity index (χ2v) is 6.97. The van der Waals surface area contributed by atoms with Gasteiger partial charge in [0.05, 0.1) is 0 Å². The normalized spacial score (nSPS) is 19.1. The highest BCUT2D eigenvalue weighted by Crippen LogP contribution is 2.34. The number of aromatic nitrogens is 1. The Bertz CT molecular complexity index is 945. The number of piperidine rings is 1. The summed E-state index contributed by atoms with van der Waals surface area (Å²) in [6.45, 7) is 1.75. The lowest BCUT2D eigenvalue weighted by Crippen LogP contribution is -2.39. The minimum Gasteiger partial charge on any atom is -0.454 e. The number of H-pyrrole nitrogens is 1. The molecule has 1 unspecified atom stereocenters. The number of hydrogen-bond acceptors (Lipinski definition) is 3. The van der Waals surface area contributed by atoms with Crippen molar-refractivity contribution < 1.29 is 14.3 Å². The average molecular weight is 348 g/mol. The van der Waals surface area contributed by atoms with Gasteiger partial charge in [0.15, 0.2) is 11.5 Å². The van der Waals surface area contributed by atoms with Gasteiger partial charge in [0, 0.05) is 35.8 Å². The van der Waals surface area contributed by atoms with Gasteiger partial charge in [-0.15, -0.1) is 0 Å². The van der Waals surface area contributed by atoms with E-state index in [9.17, 15) is 4.79 Å². The number of para-hydroxylation sites is 1. The van der Waals surface area contributed by atoms with E-state index in [0.717, 1.165) is 31.4 Å². The number of carbonyl (C=O) groups excluding carboxylic acids is 1. The maximum absolute atomic E-state index is 13.0. The first-order chi connectivity index (χ1) is 12.8. The van der Waals surface area contributed by atoms with Crippen LogP contribution in [0.5, 0.6) is 11.5 Å². The maximum Gasteiger partial charge on any atom is 0.254 e. The van der Waals surface area contributed by atoms with Crippen LogP contribution in [0.3, 0.4) is 0 Å². The smallest absolute Gasteiger partial charge is 0.254 e. The van der Waals surface area contributed by atoms with Crippen LogP contribution in [0.4, 0.5) is 0 Å². The Morgan fingerprint density at radius 2 is 1.96 bits per heavy atom. The minimum absolute atomic E-state index is 0.0594. The number of benzene rings is 2. The topological polar surface area (TPSA) is 54.6 Å². The number of rotatable bonds is 2. The maximum atomic E-state index is 13.0. The molecule has 3 heterocycles. The third-order valence-electron chi connectivity index (χ3n) is 5.32. The van der Waals surface area contributed by atoms with E-state index in [-0.39, 0.29) is 12.7 Å². The second kappa shape index (κ2) is 6.09. The Morgan fingerprint density at radius 1 is 1.08 bits per heavy atom. The highest BCUT2D eigenvalue weighted by Gasteiger charge is 2.27. The van der Waals surface area contributed by atoms with Crippen LogP contribution in [-0.2, 0) is 0 Å². The molecule has 2 aromatic carbocycles. The molecule has 26 heavy (non-hydrogen) atoms. The van der Waals surface area contributed by atoms with Crippen LogP contribution < -0.4 is 9.47 Å². The van der Waals surface area contributed by atoms with E-state index >= 15 is 0 Å². The number of nitrogens with one attached hydrogen (secondary N) is 1. The summed E-state index contributed by atoms with van der Waals surface area (Å²) >= 11 is 0. The zero-order valence-electron chi connectivity index (χ0n) is 14.4. The van der Waals surface area contributed by atoms with Crippen molar-refractivity contribution in [2.45, 2.75) is 18.8 Å². The lowest BCUT2D eigenvalue weighted by molar-refractivity contribution is 0.0705. The summed E-state index contributed by atoms with van der Waals surface area (Å²) in [6, 6.07) is 15.9. The van der Waals surface area contributed by atoms with Gasteiger partial charge in [0.1, 0.15) is 0 Å².